The number of piperidine rings is 1. The van der Waals surface area contributed by atoms with E-state index >= 15 is 0 Å². The molecule has 0 aliphatic carbocycles. The molecule has 1 amide bonds. The zero-order valence-corrected chi connectivity index (χ0v) is 16.5. The molecule has 1 heterocycles. The monoisotopic (exact) mass is 381 g/mol. The average Bonchev–Trinajstić information content (AvgIpc) is 2.75. The summed E-state index contributed by atoms with van der Waals surface area (Å²) in [5.74, 6) is 1.34. The van der Waals surface area contributed by atoms with Gasteiger partial charge < -0.3 is 14.4 Å². The molecular weight excluding hydrogens is 354 g/mol. The van der Waals surface area contributed by atoms with Gasteiger partial charge in [-0.15, -0.1) is 0 Å². The Morgan fingerprint density at radius 1 is 1.07 bits per heavy atom. The molecule has 0 atom stereocenters. The Balaban J connectivity index is 1.58. The van der Waals surface area contributed by atoms with Crippen molar-refractivity contribution < 1.29 is 14.3 Å². The minimum atomic E-state index is -0.176. The van der Waals surface area contributed by atoms with Crippen LogP contribution in [0.15, 0.2) is 47.6 Å². The lowest BCUT2D eigenvalue weighted by Crippen LogP contribution is -2.29. The normalized spacial score (nSPS) is 14.1. The van der Waals surface area contributed by atoms with Gasteiger partial charge in [0.25, 0.3) is 0 Å². The van der Waals surface area contributed by atoms with Crippen LogP contribution in [-0.4, -0.2) is 39.4 Å². The number of hydrazone groups is 1. The number of methoxy groups -OCH3 is 2. The summed E-state index contributed by atoms with van der Waals surface area (Å²) in [5.41, 5.74) is 5.46. The van der Waals surface area contributed by atoms with E-state index < -0.39 is 0 Å². The van der Waals surface area contributed by atoms with Crippen LogP contribution in [0.5, 0.6) is 11.5 Å². The Morgan fingerprint density at radius 3 is 2.50 bits per heavy atom. The SMILES string of the molecule is COc1ccc(CC(=O)N/N=C/c2ccc(N3CCCCC3)cc2OC)cc1. The zero-order valence-electron chi connectivity index (χ0n) is 16.5. The molecule has 6 heteroatoms. The molecule has 0 bridgehead atoms. The van der Waals surface area contributed by atoms with E-state index in [2.05, 4.69) is 21.5 Å². The van der Waals surface area contributed by atoms with Gasteiger partial charge in [0.2, 0.25) is 5.91 Å². The van der Waals surface area contributed by atoms with Crippen LogP contribution in [0, 0.1) is 0 Å². The summed E-state index contributed by atoms with van der Waals surface area (Å²) in [7, 11) is 3.26. The number of rotatable bonds is 7. The highest BCUT2D eigenvalue weighted by Gasteiger charge is 2.13. The maximum absolute atomic E-state index is 12.1. The highest BCUT2D eigenvalue weighted by Crippen LogP contribution is 2.26. The molecule has 3 rings (SSSR count). The predicted molar refractivity (Wildman–Crippen MR) is 111 cm³/mol. The summed E-state index contributed by atoms with van der Waals surface area (Å²) >= 11 is 0. The minimum absolute atomic E-state index is 0.176. The van der Waals surface area contributed by atoms with Crippen LogP contribution in [-0.2, 0) is 11.2 Å². The summed E-state index contributed by atoms with van der Waals surface area (Å²) in [4.78, 5) is 14.5. The second kappa shape index (κ2) is 9.78. The van der Waals surface area contributed by atoms with Crippen molar-refractivity contribution in [2.24, 2.45) is 5.10 Å². The van der Waals surface area contributed by atoms with Gasteiger partial charge in [-0.25, -0.2) is 5.43 Å². The van der Waals surface area contributed by atoms with Gasteiger partial charge in [0.15, 0.2) is 0 Å². The maximum Gasteiger partial charge on any atom is 0.244 e. The molecule has 1 N–H and O–H groups in total. The second-order valence-electron chi connectivity index (χ2n) is 6.79. The molecule has 1 aliphatic rings. The number of carbonyl (C=O) groups is 1. The summed E-state index contributed by atoms with van der Waals surface area (Å²) < 4.78 is 10.6. The molecule has 0 aromatic heterocycles. The summed E-state index contributed by atoms with van der Waals surface area (Å²) in [6.07, 6.45) is 5.63. The highest BCUT2D eigenvalue weighted by atomic mass is 16.5. The molecule has 2 aromatic carbocycles. The lowest BCUT2D eigenvalue weighted by Gasteiger charge is -2.29. The van der Waals surface area contributed by atoms with E-state index in [4.69, 9.17) is 9.47 Å². The van der Waals surface area contributed by atoms with E-state index in [1.54, 1.807) is 20.4 Å². The van der Waals surface area contributed by atoms with Gasteiger partial charge in [0.1, 0.15) is 11.5 Å². The predicted octanol–water partition coefficient (Wildman–Crippen LogP) is 3.39. The molecule has 0 unspecified atom stereocenters. The summed E-state index contributed by atoms with van der Waals surface area (Å²) in [6.45, 7) is 2.16. The Kier molecular flexibility index (Phi) is 6.89. The summed E-state index contributed by atoms with van der Waals surface area (Å²) in [5, 5.41) is 4.08. The number of carbonyl (C=O) groups excluding carboxylic acids is 1. The molecule has 0 saturated carbocycles. The third-order valence-corrected chi connectivity index (χ3v) is 4.85. The van der Waals surface area contributed by atoms with E-state index in [9.17, 15) is 4.79 Å². The quantitative estimate of drug-likeness (QED) is 0.590. The van der Waals surface area contributed by atoms with Crippen molar-refractivity contribution in [1.82, 2.24) is 5.43 Å². The van der Waals surface area contributed by atoms with Gasteiger partial charge in [0, 0.05) is 30.4 Å². The molecule has 6 nitrogen and oxygen atoms in total. The standard InChI is InChI=1S/C22H27N3O3/c1-27-20-10-6-17(7-11-20)14-22(26)24-23-16-18-8-9-19(15-21(18)28-2)25-12-4-3-5-13-25/h6-11,15-16H,3-5,12-14H2,1-2H3,(H,24,26)/b23-16+. The van der Waals surface area contributed by atoms with Gasteiger partial charge in [0.05, 0.1) is 26.9 Å². The van der Waals surface area contributed by atoms with Crippen LogP contribution in [0.4, 0.5) is 5.69 Å². The zero-order chi connectivity index (χ0) is 19.8. The smallest absolute Gasteiger partial charge is 0.244 e. The van der Waals surface area contributed by atoms with E-state index in [0.717, 1.165) is 41.4 Å². The largest absolute Gasteiger partial charge is 0.497 e. The van der Waals surface area contributed by atoms with E-state index in [1.807, 2.05) is 36.4 Å². The molecule has 0 spiro atoms. The van der Waals surface area contributed by atoms with Crippen molar-refractivity contribution in [2.45, 2.75) is 25.7 Å². The van der Waals surface area contributed by atoms with Gasteiger partial charge in [-0.1, -0.05) is 12.1 Å². The van der Waals surface area contributed by atoms with Crippen molar-refractivity contribution in [3.05, 3.63) is 53.6 Å². The first kappa shape index (κ1) is 19.7. The molecule has 28 heavy (non-hydrogen) atoms. The Bertz CT molecular complexity index is 812. The molecule has 0 radical (unpaired) electrons. The number of anilines is 1. The molecule has 1 fully saturated rings. The topological polar surface area (TPSA) is 63.2 Å². The lowest BCUT2D eigenvalue weighted by molar-refractivity contribution is -0.120. The second-order valence-corrected chi connectivity index (χ2v) is 6.79. The number of benzene rings is 2. The Morgan fingerprint density at radius 2 is 1.82 bits per heavy atom. The first-order valence-electron chi connectivity index (χ1n) is 9.57. The number of amides is 1. The van der Waals surface area contributed by atoms with Crippen LogP contribution in [0.3, 0.4) is 0 Å². The molecule has 1 saturated heterocycles. The Hall–Kier alpha value is -3.02. The van der Waals surface area contributed by atoms with E-state index in [0.29, 0.717) is 0 Å². The van der Waals surface area contributed by atoms with Crippen LogP contribution >= 0.6 is 0 Å². The van der Waals surface area contributed by atoms with E-state index in [-0.39, 0.29) is 12.3 Å². The van der Waals surface area contributed by atoms with Crippen LogP contribution in [0.25, 0.3) is 0 Å². The minimum Gasteiger partial charge on any atom is -0.497 e. The third-order valence-electron chi connectivity index (χ3n) is 4.85. The average molecular weight is 381 g/mol. The molecule has 2 aromatic rings. The van der Waals surface area contributed by atoms with Crippen LogP contribution < -0.4 is 19.8 Å². The molecular formula is C22H27N3O3. The first-order chi connectivity index (χ1) is 13.7. The lowest BCUT2D eigenvalue weighted by atomic mass is 10.1. The number of hydrogen-bond acceptors (Lipinski definition) is 5. The molecule has 148 valence electrons. The first-order valence-corrected chi connectivity index (χ1v) is 9.57. The number of nitrogens with one attached hydrogen (secondary N) is 1. The molecule has 1 aliphatic heterocycles. The van der Waals surface area contributed by atoms with Gasteiger partial charge >= 0.3 is 0 Å². The number of ether oxygens (including phenoxy) is 2. The number of nitrogens with zero attached hydrogens (tertiary/aromatic N) is 2. The highest BCUT2D eigenvalue weighted by molar-refractivity contribution is 5.86. The maximum atomic E-state index is 12.1. The fourth-order valence-corrected chi connectivity index (χ4v) is 3.30. The Labute approximate surface area is 166 Å². The number of hydrogen-bond donors (Lipinski definition) is 1. The van der Waals surface area contributed by atoms with Crippen molar-refractivity contribution in [1.29, 1.82) is 0 Å². The third kappa shape index (κ3) is 5.25. The fraction of sp³-hybridized carbons (Fsp3) is 0.364. The van der Waals surface area contributed by atoms with E-state index in [1.165, 1.54) is 19.3 Å². The fourth-order valence-electron chi connectivity index (χ4n) is 3.30. The van der Waals surface area contributed by atoms with Gasteiger partial charge in [-0.2, -0.15) is 5.10 Å². The van der Waals surface area contributed by atoms with Crippen molar-refractivity contribution >= 4 is 17.8 Å². The van der Waals surface area contributed by atoms with Gasteiger partial charge in [-0.3, -0.25) is 4.79 Å². The van der Waals surface area contributed by atoms with Gasteiger partial charge in [-0.05, 0) is 49.1 Å². The van der Waals surface area contributed by atoms with Crippen LogP contribution in [0.1, 0.15) is 30.4 Å². The summed E-state index contributed by atoms with van der Waals surface area (Å²) in [6, 6.07) is 13.5. The van der Waals surface area contributed by atoms with Crippen molar-refractivity contribution in [2.75, 3.05) is 32.2 Å². The van der Waals surface area contributed by atoms with Crippen LogP contribution in [0.2, 0.25) is 0 Å². The van der Waals surface area contributed by atoms with Crippen molar-refractivity contribution in [3.8, 4) is 11.5 Å². The van der Waals surface area contributed by atoms with Crippen molar-refractivity contribution in [3.63, 3.8) is 0 Å².